The first-order valence-electron chi connectivity index (χ1n) is 9.84. The van der Waals surface area contributed by atoms with Gasteiger partial charge in [0.2, 0.25) is 0 Å². The number of nitrogens with one attached hydrogen (secondary N) is 3. The topological polar surface area (TPSA) is 47.2 Å². The van der Waals surface area contributed by atoms with Crippen LogP contribution in [0.15, 0.2) is 48.5 Å². The highest BCUT2D eigenvalue weighted by molar-refractivity contribution is 6.30. The molecule has 3 atom stereocenters. The summed E-state index contributed by atoms with van der Waals surface area (Å²) in [5.74, 6) is 0.907. The van der Waals surface area contributed by atoms with Crippen molar-refractivity contribution < 1.29 is 19.3 Å². The van der Waals surface area contributed by atoms with Gasteiger partial charge in [-0.05, 0) is 18.2 Å². The maximum atomic E-state index is 12.5. The van der Waals surface area contributed by atoms with E-state index in [2.05, 4.69) is 29.6 Å². The van der Waals surface area contributed by atoms with E-state index in [1.165, 1.54) is 10.5 Å². The highest BCUT2D eigenvalue weighted by Crippen LogP contribution is 2.21. The smallest absolute Gasteiger partial charge is 0.275 e. The first-order chi connectivity index (χ1) is 13.5. The number of carbonyl (C=O) groups excluding carboxylic acids is 1. The summed E-state index contributed by atoms with van der Waals surface area (Å²) in [6.07, 6.45) is 1.04. The second-order valence-corrected chi connectivity index (χ2v) is 8.12. The van der Waals surface area contributed by atoms with Gasteiger partial charge in [0.1, 0.15) is 18.8 Å². The zero-order valence-electron chi connectivity index (χ0n) is 16.6. The number of methoxy groups -OCH3 is 1. The van der Waals surface area contributed by atoms with Crippen molar-refractivity contribution >= 4 is 17.5 Å². The molecule has 0 aromatic heterocycles. The van der Waals surface area contributed by atoms with Gasteiger partial charge in [0.25, 0.3) is 5.91 Å². The van der Waals surface area contributed by atoms with Gasteiger partial charge in [0.15, 0.2) is 6.54 Å². The lowest BCUT2D eigenvalue weighted by molar-refractivity contribution is -0.901. The molecule has 1 aliphatic rings. The van der Waals surface area contributed by atoms with Crippen LogP contribution in [0.2, 0.25) is 5.02 Å². The normalized spacial score (nSPS) is 20.0. The number of halogens is 1. The minimum absolute atomic E-state index is 0.101. The summed E-state index contributed by atoms with van der Waals surface area (Å²) in [6.45, 7) is 4.23. The van der Waals surface area contributed by atoms with Crippen LogP contribution in [-0.2, 0) is 17.9 Å². The van der Waals surface area contributed by atoms with Crippen molar-refractivity contribution in [1.29, 1.82) is 0 Å². The molecule has 0 aliphatic carbocycles. The predicted octanol–water partition coefficient (Wildman–Crippen LogP) is 0.337. The lowest BCUT2D eigenvalue weighted by Crippen LogP contribution is -3.09. The third-order valence-corrected chi connectivity index (χ3v) is 5.48. The molecule has 2 aromatic carbocycles. The van der Waals surface area contributed by atoms with Crippen LogP contribution < -0.4 is 19.9 Å². The van der Waals surface area contributed by atoms with Crippen LogP contribution in [0, 0.1) is 0 Å². The van der Waals surface area contributed by atoms with Gasteiger partial charge < -0.3 is 19.9 Å². The number of benzene rings is 2. The van der Waals surface area contributed by atoms with Crippen molar-refractivity contribution in [2.45, 2.75) is 25.6 Å². The van der Waals surface area contributed by atoms with Crippen LogP contribution in [0.25, 0.3) is 0 Å². The fraction of sp³-hybridized carbons (Fsp3) is 0.409. The number of ether oxygens (including phenoxy) is 1. The van der Waals surface area contributed by atoms with Gasteiger partial charge in [-0.15, -0.1) is 0 Å². The molecule has 2 unspecified atom stereocenters. The maximum Gasteiger partial charge on any atom is 0.275 e. The number of hydrogen-bond acceptors (Lipinski definition) is 2. The number of likely N-dealkylation sites (tertiary alicyclic amines) is 1. The fourth-order valence-corrected chi connectivity index (χ4v) is 4.12. The number of carbonyl (C=O) groups is 1. The van der Waals surface area contributed by atoms with E-state index in [4.69, 9.17) is 16.3 Å². The monoisotopic (exact) mass is 403 g/mol. The van der Waals surface area contributed by atoms with Crippen molar-refractivity contribution in [1.82, 2.24) is 5.32 Å². The minimum atomic E-state index is 0.101. The highest BCUT2D eigenvalue weighted by Gasteiger charge is 2.28. The molecule has 5 nitrogen and oxygen atoms in total. The average molecular weight is 404 g/mol. The molecule has 1 aliphatic heterocycles. The van der Waals surface area contributed by atoms with E-state index in [0.29, 0.717) is 18.1 Å². The summed E-state index contributed by atoms with van der Waals surface area (Å²) in [6, 6.07) is 16.4. The van der Waals surface area contributed by atoms with Crippen molar-refractivity contribution in [3.63, 3.8) is 0 Å². The molecular formula is C22H30ClN3O2+2. The van der Waals surface area contributed by atoms with E-state index >= 15 is 0 Å². The maximum absolute atomic E-state index is 12.5. The van der Waals surface area contributed by atoms with Gasteiger partial charge in [0.05, 0.1) is 33.3 Å². The molecule has 3 N–H and O–H groups in total. The summed E-state index contributed by atoms with van der Waals surface area (Å²) in [7, 11) is 3.67. The summed E-state index contributed by atoms with van der Waals surface area (Å²) < 4.78 is 5.40. The van der Waals surface area contributed by atoms with Crippen LogP contribution in [0.4, 0.5) is 0 Å². The fourth-order valence-electron chi connectivity index (χ4n) is 3.92. The minimum Gasteiger partial charge on any atom is -0.496 e. The van der Waals surface area contributed by atoms with Crippen LogP contribution in [0.3, 0.4) is 0 Å². The van der Waals surface area contributed by atoms with Crippen molar-refractivity contribution in [3.05, 3.63) is 64.7 Å². The second kappa shape index (κ2) is 9.92. The summed E-state index contributed by atoms with van der Waals surface area (Å²) in [4.78, 5) is 15.1. The molecular weight excluding hydrogens is 374 g/mol. The van der Waals surface area contributed by atoms with Gasteiger partial charge in [0, 0.05) is 22.6 Å². The molecule has 1 heterocycles. The largest absolute Gasteiger partial charge is 0.496 e. The van der Waals surface area contributed by atoms with Gasteiger partial charge in [-0.2, -0.15) is 0 Å². The number of rotatable bonds is 8. The Morgan fingerprint density at radius 3 is 2.82 bits per heavy atom. The first-order valence-corrected chi connectivity index (χ1v) is 10.2. The van der Waals surface area contributed by atoms with E-state index in [1.54, 1.807) is 7.11 Å². The van der Waals surface area contributed by atoms with Gasteiger partial charge in [-0.25, -0.2) is 0 Å². The Morgan fingerprint density at radius 2 is 2.07 bits per heavy atom. The Balaban J connectivity index is 1.45. The number of hydrogen-bond donors (Lipinski definition) is 3. The molecule has 0 bridgehead atoms. The van der Waals surface area contributed by atoms with Crippen molar-refractivity contribution in [2.75, 3.05) is 33.8 Å². The van der Waals surface area contributed by atoms with Crippen LogP contribution in [0.1, 0.15) is 17.5 Å². The molecule has 1 saturated heterocycles. The molecule has 0 spiro atoms. The zero-order chi connectivity index (χ0) is 19.9. The Kier molecular flexibility index (Phi) is 7.31. The molecule has 2 aromatic rings. The molecule has 1 fully saturated rings. The second-order valence-electron chi connectivity index (χ2n) is 7.69. The van der Waals surface area contributed by atoms with Crippen molar-refractivity contribution in [2.24, 2.45) is 0 Å². The third-order valence-electron chi connectivity index (χ3n) is 5.24. The Hall–Kier alpha value is -2.08. The Morgan fingerprint density at radius 1 is 1.29 bits per heavy atom. The molecule has 3 rings (SSSR count). The number of amides is 1. The van der Waals surface area contributed by atoms with E-state index < -0.39 is 0 Å². The number of likely N-dealkylation sites (N-methyl/N-ethyl adjacent to an activating group) is 1. The standard InChI is InChI=1S/C22H28ClN3O2/c1-25(14-18-12-19(23)8-9-21(18)28-2)16-22(27)24-20-10-11-26(15-20)13-17-6-4-3-5-7-17/h3-9,12,20H,10-11,13-16H2,1-2H3,(H,24,27)/p+2/t20-/m1/s1. The Bertz CT molecular complexity index is 785. The first kappa shape index (κ1) is 20.6. The third kappa shape index (κ3) is 5.96. The summed E-state index contributed by atoms with van der Waals surface area (Å²) >= 11 is 6.10. The molecule has 6 heteroatoms. The van der Waals surface area contributed by atoms with Crippen LogP contribution in [0.5, 0.6) is 5.75 Å². The van der Waals surface area contributed by atoms with Gasteiger partial charge in [-0.3, -0.25) is 4.79 Å². The van der Waals surface area contributed by atoms with E-state index in [-0.39, 0.29) is 11.9 Å². The van der Waals surface area contributed by atoms with Crippen molar-refractivity contribution in [3.8, 4) is 5.75 Å². The lowest BCUT2D eigenvalue weighted by Gasteiger charge is -2.18. The highest BCUT2D eigenvalue weighted by atomic mass is 35.5. The quantitative estimate of drug-likeness (QED) is 0.595. The van der Waals surface area contributed by atoms with Gasteiger partial charge in [-0.1, -0.05) is 41.9 Å². The SMILES string of the molecule is COc1ccc(Cl)cc1C[NH+](C)CC(=O)N[C@@H]1CC[NH+](Cc2ccccc2)C1. The molecule has 0 radical (unpaired) electrons. The average Bonchev–Trinajstić information content (AvgIpc) is 3.09. The zero-order valence-corrected chi connectivity index (χ0v) is 17.4. The van der Waals surface area contributed by atoms with E-state index in [0.717, 1.165) is 42.3 Å². The molecule has 0 saturated carbocycles. The van der Waals surface area contributed by atoms with E-state index in [1.807, 2.05) is 31.3 Å². The Labute approximate surface area is 172 Å². The predicted molar refractivity (Wildman–Crippen MR) is 111 cm³/mol. The van der Waals surface area contributed by atoms with Crippen LogP contribution in [-0.4, -0.2) is 45.7 Å². The van der Waals surface area contributed by atoms with Gasteiger partial charge >= 0.3 is 0 Å². The molecule has 150 valence electrons. The van der Waals surface area contributed by atoms with E-state index in [9.17, 15) is 4.79 Å². The summed E-state index contributed by atoms with van der Waals surface area (Å²) in [5.41, 5.74) is 2.36. The molecule has 1 amide bonds. The van der Waals surface area contributed by atoms with Crippen LogP contribution >= 0.6 is 11.6 Å². The lowest BCUT2D eigenvalue weighted by atomic mass is 10.2. The molecule has 28 heavy (non-hydrogen) atoms. The number of quaternary nitrogens is 2. The summed E-state index contributed by atoms with van der Waals surface area (Å²) in [5, 5.41) is 3.89.